The Balaban J connectivity index is 2.57. The van der Waals surface area contributed by atoms with Crippen molar-refractivity contribution >= 4 is 0 Å². The smallest absolute Gasteiger partial charge is 0.343 e. The highest BCUT2D eigenvalue weighted by atomic mass is 16.5. The summed E-state index contributed by atoms with van der Waals surface area (Å²) in [7, 11) is 3.27. The first-order chi connectivity index (χ1) is 8.02. The van der Waals surface area contributed by atoms with E-state index in [1.807, 2.05) is 26.0 Å². The standard InChI is InChI=1S/C12H15N3O2/c1-7-5-9(6-8(2)10(7)17-4)11-13-12(16)15(3)14-11/h5-6H,1-4H3,(H,13,14,16). The Morgan fingerprint density at radius 2 is 1.88 bits per heavy atom. The van der Waals surface area contributed by atoms with E-state index >= 15 is 0 Å². The molecule has 0 bridgehead atoms. The molecule has 1 N–H and O–H groups in total. The Morgan fingerprint density at radius 3 is 2.29 bits per heavy atom. The van der Waals surface area contributed by atoms with Gasteiger partial charge in [0.15, 0.2) is 5.82 Å². The molecule has 0 saturated carbocycles. The second kappa shape index (κ2) is 4.08. The van der Waals surface area contributed by atoms with Crippen molar-refractivity contribution in [1.29, 1.82) is 0 Å². The summed E-state index contributed by atoms with van der Waals surface area (Å²) < 4.78 is 6.58. The molecule has 1 aromatic carbocycles. The Kier molecular flexibility index (Phi) is 2.75. The molecule has 5 heteroatoms. The van der Waals surface area contributed by atoms with Crippen LogP contribution in [-0.4, -0.2) is 21.9 Å². The minimum absolute atomic E-state index is 0.217. The van der Waals surface area contributed by atoms with Gasteiger partial charge in [0, 0.05) is 12.6 Å². The number of hydrogen-bond donors (Lipinski definition) is 1. The second-order valence-electron chi connectivity index (χ2n) is 4.05. The molecule has 0 saturated heterocycles. The molecular weight excluding hydrogens is 218 g/mol. The lowest BCUT2D eigenvalue weighted by Crippen LogP contribution is -2.13. The fourth-order valence-electron chi connectivity index (χ4n) is 1.94. The van der Waals surface area contributed by atoms with E-state index in [4.69, 9.17) is 4.74 Å². The van der Waals surface area contributed by atoms with Gasteiger partial charge in [-0.3, -0.25) is 4.98 Å². The summed E-state index contributed by atoms with van der Waals surface area (Å²) in [5.74, 6) is 1.44. The Hall–Kier alpha value is -2.04. The first-order valence-electron chi connectivity index (χ1n) is 5.32. The fraction of sp³-hybridized carbons (Fsp3) is 0.333. The van der Waals surface area contributed by atoms with Crippen molar-refractivity contribution in [3.63, 3.8) is 0 Å². The van der Waals surface area contributed by atoms with E-state index in [1.165, 1.54) is 4.68 Å². The van der Waals surface area contributed by atoms with Gasteiger partial charge in [0.2, 0.25) is 0 Å². The van der Waals surface area contributed by atoms with Crippen molar-refractivity contribution in [2.24, 2.45) is 7.05 Å². The van der Waals surface area contributed by atoms with Crippen LogP contribution >= 0.6 is 0 Å². The zero-order chi connectivity index (χ0) is 12.6. The lowest BCUT2D eigenvalue weighted by Gasteiger charge is -2.09. The van der Waals surface area contributed by atoms with Gasteiger partial charge in [-0.1, -0.05) is 0 Å². The van der Waals surface area contributed by atoms with Gasteiger partial charge in [-0.25, -0.2) is 9.48 Å². The third-order valence-corrected chi connectivity index (χ3v) is 2.71. The highest BCUT2D eigenvalue weighted by molar-refractivity contribution is 5.60. The Bertz CT molecular complexity index is 587. The minimum atomic E-state index is -0.217. The molecule has 90 valence electrons. The average molecular weight is 233 g/mol. The van der Waals surface area contributed by atoms with Crippen LogP contribution in [0.15, 0.2) is 16.9 Å². The van der Waals surface area contributed by atoms with Gasteiger partial charge >= 0.3 is 5.69 Å². The molecule has 0 fully saturated rings. The quantitative estimate of drug-likeness (QED) is 0.853. The topological polar surface area (TPSA) is 59.9 Å². The third-order valence-electron chi connectivity index (χ3n) is 2.71. The van der Waals surface area contributed by atoms with Crippen molar-refractivity contribution in [1.82, 2.24) is 14.8 Å². The van der Waals surface area contributed by atoms with Crippen molar-refractivity contribution < 1.29 is 4.74 Å². The molecule has 0 aliphatic carbocycles. The summed E-state index contributed by atoms with van der Waals surface area (Å²) in [5, 5.41) is 4.13. The molecular formula is C12H15N3O2. The molecule has 0 radical (unpaired) electrons. The second-order valence-corrected chi connectivity index (χ2v) is 4.05. The van der Waals surface area contributed by atoms with E-state index in [1.54, 1.807) is 14.2 Å². The van der Waals surface area contributed by atoms with Crippen molar-refractivity contribution in [3.05, 3.63) is 33.7 Å². The lowest BCUT2D eigenvalue weighted by atomic mass is 10.1. The molecule has 1 aromatic heterocycles. The van der Waals surface area contributed by atoms with Gasteiger partial charge < -0.3 is 4.74 Å². The maximum Gasteiger partial charge on any atom is 0.343 e. The summed E-state index contributed by atoms with van der Waals surface area (Å²) >= 11 is 0. The molecule has 0 spiro atoms. The van der Waals surface area contributed by atoms with Crippen molar-refractivity contribution in [2.75, 3.05) is 7.11 Å². The number of methoxy groups -OCH3 is 1. The number of nitrogens with one attached hydrogen (secondary N) is 1. The van der Waals surface area contributed by atoms with Crippen LogP contribution in [0.5, 0.6) is 5.75 Å². The molecule has 17 heavy (non-hydrogen) atoms. The number of H-pyrrole nitrogens is 1. The third kappa shape index (κ3) is 1.95. The molecule has 2 aromatic rings. The molecule has 0 atom stereocenters. The van der Waals surface area contributed by atoms with Crippen LogP contribution in [0.1, 0.15) is 11.1 Å². The van der Waals surface area contributed by atoms with Crippen LogP contribution in [0.25, 0.3) is 11.4 Å². The summed E-state index contributed by atoms with van der Waals surface area (Å²) in [4.78, 5) is 14.0. The highest BCUT2D eigenvalue weighted by Gasteiger charge is 2.10. The van der Waals surface area contributed by atoms with Gasteiger partial charge in [-0.05, 0) is 37.1 Å². The van der Waals surface area contributed by atoms with Gasteiger partial charge in [-0.2, -0.15) is 5.10 Å². The van der Waals surface area contributed by atoms with E-state index in [0.29, 0.717) is 5.82 Å². The van der Waals surface area contributed by atoms with E-state index in [2.05, 4.69) is 10.1 Å². The SMILES string of the molecule is COc1c(C)cc(-c2nn(C)c(=O)[nH]2)cc1C. The lowest BCUT2D eigenvalue weighted by molar-refractivity contribution is 0.408. The maximum absolute atomic E-state index is 11.3. The predicted octanol–water partition coefficient (Wildman–Crippen LogP) is 1.40. The van der Waals surface area contributed by atoms with Crippen LogP contribution in [-0.2, 0) is 7.05 Å². The highest BCUT2D eigenvalue weighted by Crippen LogP contribution is 2.27. The molecule has 5 nitrogen and oxygen atoms in total. The summed E-state index contributed by atoms with van der Waals surface area (Å²) in [5.41, 5.74) is 2.72. The largest absolute Gasteiger partial charge is 0.496 e. The van der Waals surface area contributed by atoms with Crippen molar-refractivity contribution in [2.45, 2.75) is 13.8 Å². The summed E-state index contributed by atoms with van der Waals surface area (Å²) in [6.45, 7) is 3.94. The Morgan fingerprint density at radius 1 is 1.29 bits per heavy atom. The fourth-order valence-corrected chi connectivity index (χ4v) is 1.94. The van der Waals surface area contributed by atoms with E-state index in [9.17, 15) is 4.79 Å². The molecule has 0 amide bonds. The molecule has 0 aliphatic heterocycles. The minimum Gasteiger partial charge on any atom is -0.496 e. The number of benzene rings is 1. The summed E-state index contributed by atoms with van der Waals surface area (Å²) in [6.07, 6.45) is 0. The van der Waals surface area contributed by atoms with Gasteiger partial charge in [0.25, 0.3) is 0 Å². The van der Waals surface area contributed by atoms with Crippen LogP contribution in [0.2, 0.25) is 0 Å². The molecule has 0 aliphatic rings. The number of rotatable bonds is 2. The average Bonchev–Trinajstić information content (AvgIpc) is 2.59. The zero-order valence-corrected chi connectivity index (χ0v) is 10.4. The molecule has 1 heterocycles. The van der Waals surface area contributed by atoms with E-state index < -0.39 is 0 Å². The van der Waals surface area contributed by atoms with Gasteiger partial charge in [0.05, 0.1) is 7.11 Å². The number of nitrogens with zero attached hydrogens (tertiary/aromatic N) is 2. The maximum atomic E-state index is 11.3. The number of aromatic nitrogens is 3. The number of aryl methyl sites for hydroxylation is 3. The first-order valence-corrected chi connectivity index (χ1v) is 5.32. The summed E-state index contributed by atoms with van der Waals surface area (Å²) in [6, 6.07) is 3.90. The van der Waals surface area contributed by atoms with Gasteiger partial charge in [0.1, 0.15) is 5.75 Å². The first kappa shape index (κ1) is 11.4. The van der Waals surface area contributed by atoms with Crippen LogP contribution in [0, 0.1) is 13.8 Å². The molecule has 2 rings (SSSR count). The van der Waals surface area contributed by atoms with Crippen molar-refractivity contribution in [3.8, 4) is 17.1 Å². The normalized spacial score (nSPS) is 10.6. The number of ether oxygens (including phenoxy) is 1. The number of aromatic amines is 1. The number of hydrogen-bond acceptors (Lipinski definition) is 3. The molecule has 0 unspecified atom stereocenters. The van der Waals surface area contributed by atoms with Crippen LogP contribution < -0.4 is 10.4 Å². The monoisotopic (exact) mass is 233 g/mol. The zero-order valence-electron chi connectivity index (χ0n) is 10.4. The van der Waals surface area contributed by atoms with E-state index in [-0.39, 0.29) is 5.69 Å². The predicted molar refractivity (Wildman–Crippen MR) is 65.3 cm³/mol. The van der Waals surface area contributed by atoms with E-state index in [0.717, 1.165) is 22.4 Å². The van der Waals surface area contributed by atoms with Crippen LogP contribution in [0.4, 0.5) is 0 Å². The Labute approximate surface area is 99.1 Å². The van der Waals surface area contributed by atoms with Crippen LogP contribution in [0.3, 0.4) is 0 Å². The van der Waals surface area contributed by atoms with Gasteiger partial charge in [-0.15, -0.1) is 0 Å².